The Bertz CT molecular complexity index is 527. The fourth-order valence-corrected chi connectivity index (χ4v) is 3.33. The van der Waals surface area contributed by atoms with E-state index < -0.39 is 0 Å². The Morgan fingerprint density at radius 3 is 3.12 bits per heavy atom. The molecule has 0 bridgehead atoms. The molecule has 0 amide bonds. The Hall–Kier alpha value is -1.62. The fourth-order valence-electron chi connectivity index (χ4n) is 2.02. The molecule has 1 aromatic carbocycles. The number of hydrogen-bond acceptors (Lipinski definition) is 4. The van der Waals surface area contributed by atoms with Crippen LogP contribution in [0.4, 0.5) is 0 Å². The van der Waals surface area contributed by atoms with Crippen molar-refractivity contribution >= 4 is 18.0 Å². The average Bonchev–Trinajstić information content (AvgIpc) is 2.94. The molecule has 4 nitrogen and oxygen atoms in total. The van der Waals surface area contributed by atoms with Crippen LogP contribution in [0.5, 0.6) is 0 Å². The molecule has 3 rings (SSSR count). The van der Waals surface area contributed by atoms with Gasteiger partial charge in [0.2, 0.25) is 0 Å². The first-order valence-corrected chi connectivity index (χ1v) is 6.33. The van der Waals surface area contributed by atoms with Crippen LogP contribution in [0, 0.1) is 0 Å². The molecule has 1 aromatic heterocycles. The van der Waals surface area contributed by atoms with Crippen molar-refractivity contribution in [2.45, 2.75) is 23.1 Å². The summed E-state index contributed by atoms with van der Waals surface area (Å²) < 4.78 is 1.74. The van der Waals surface area contributed by atoms with Crippen LogP contribution in [0.3, 0.4) is 0 Å². The maximum absolute atomic E-state index is 10.5. The van der Waals surface area contributed by atoms with Gasteiger partial charge in [0.1, 0.15) is 5.69 Å². The van der Waals surface area contributed by atoms with Gasteiger partial charge in [-0.3, -0.25) is 9.48 Å². The lowest BCUT2D eigenvalue weighted by molar-refractivity contribution is 0.111. The third-order valence-electron chi connectivity index (χ3n) is 2.78. The van der Waals surface area contributed by atoms with Gasteiger partial charge in [-0.25, -0.2) is 0 Å². The summed E-state index contributed by atoms with van der Waals surface area (Å²) in [4.78, 5) is 11.9. The summed E-state index contributed by atoms with van der Waals surface area (Å²) in [7, 11) is 0. The van der Waals surface area contributed by atoms with Crippen molar-refractivity contribution < 1.29 is 4.79 Å². The molecule has 5 heteroatoms. The third-order valence-corrected chi connectivity index (χ3v) is 4.08. The minimum atomic E-state index is 0.394. The van der Waals surface area contributed by atoms with Crippen LogP contribution in [0.2, 0.25) is 0 Å². The van der Waals surface area contributed by atoms with Crippen LogP contribution in [0.1, 0.15) is 16.1 Å². The van der Waals surface area contributed by atoms with Crippen molar-refractivity contribution in [3.63, 3.8) is 0 Å². The van der Waals surface area contributed by atoms with Gasteiger partial charge in [0.15, 0.2) is 6.29 Å². The highest BCUT2D eigenvalue weighted by Gasteiger charge is 2.22. The van der Waals surface area contributed by atoms with E-state index in [0.717, 1.165) is 19.3 Å². The van der Waals surface area contributed by atoms with Gasteiger partial charge in [0, 0.05) is 10.1 Å². The lowest BCUT2D eigenvalue weighted by Gasteiger charge is -2.06. The van der Waals surface area contributed by atoms with Crippen molar-refractivity contribution in [3.05, 3.63) is 41.7 Å². The second-order valence-corrected chi connectivity index (χ2v) is 5.38. The van der Waals surface area contributed by atoms with Gasteiger partial charge in [0.05, 0.1) is 12.7 Å². The summed E-state index contributed by atoms with van der Waals surface area (Å²) in [6, 6.07) is 8.45. The minimum absolute atomic E-state index is 0.394. The van der Waals surface area contributed by atoms with Crippen LogP contribution in [0.25, 0.3) is 0 Å². The Balaban J connectivity index is 1.71. The highest BCUT2D eigenvalue weighted by Crippen LogP contribution is 2.37. The third kappa shape index (κ3) is 2.10. The SMILES string of the molecule is O=Cc1cn(CC2Cc3ccccc3S2)nn1. The van der Waals surface area contributed by atoms with Gasteiger partial charge < -0.3 is 0 Å². The Morgan fingerprint density at radius 2 is 2.35 bits per heavy atom. The lowest BCUT2D eigenvalue weighted by atomic mass is 10.1. The molecule has 86 valence electrons. The molecule has 1 aliphatic rings. The molecule has 0 N–H and O–H groups in total. The predicted octanol–water partition coefficient (Wildman–Crippen LogP) is 1.81. The molecule has 0 radical (unpaired) electrons. The number of aldehydes is 1. The van der Waals surface area contributed by atoms with E-state index in [2.05, 4.69) is 34.6 Å². The smallest absolute Gasteiger partial charge is 0.171 e. The van der Waals surface area contributed by atoms with Gasteiger partial charge in [-0.15, -0.1) is 16.9 Å². The molecular formula is C12H11N3OS. The van der Waals surface area contributed by atoms with E-state index in [-0.39, 0.29) is 0 Å². The van der Waals surface area contributed by atoms with Gasteiger partial charge >= 0.3 is 0 Å². The van der Waals surface area contributed by atoms with E-state index in [4.69, 9.17) is 0 Å². The zero-order chi connectivity index (χ0) is 11.7. The Kier molecular flexibility index (Phi) is 2.68. The number of carbonyl (C=O) groups is 1. The van der Waals surface area contributed by atoms with Gasteiger partial charge in [0.25, 0.3) is 0 Å². The number of fused-ring (bicyclic) bond motifs is 1. The van der Waals surface area contributed by atoms with E-state index in [1.165, 1.54) is 10.5 Å². The number of carbonyl (C=O) groups excluding carboxylic acids is 1. The van der Waals surface area contributed by atoms with Crippen molar-refractivity contribution in [1.82, 2.24) is 15.0 Å². The summed E-state index contributed by atoms with van der Waals surface area (Å²) in [6.07, 6.45) is 3.47. The quantitative estimate of drug-likeness (QED) is 0.774. The maximum Gasteiger partial charge on any atom is 0.171 e. The summed E-state index contributed by atoms with van der Waals surface area (Å²) in [5.41, 5.74) is 1.80. The molecule has 1 aliphatic heterocycles. The van der Waals surface area contributed by atoms with Crippen LogP contribution < -0.4 is 0 Å². The monoisotopic (exact) mass is 245 g/mol. The first kappa shape index (κ1) is 10.5. The summed E-state index contributed by atoms with van der Waals surface area (Å²) in [5.74, 6) is 0. The molecule has 2 aromatic rings. The van der Waals surface area contributed by atoms with Crippen molar-refractivity contribution in [3.8, 4) is 0 Å². The van der Waals surface area contributed by atoms with E-state index >= 15 is 0 Å². The highest BCUT2D eigenvalue weighted by molar-refractivity contribution is 8.00. The Morgan fingerprint density at radius 1 is 1.47 bits per heavy atom. The maximum atomic E-state index is 10.5. The summed E-state index contributed by atoms with van der Waals surface area (Å²) >= 11 is 1.87. The second-order valence-electron chi connectivity index (χ2n) is 4.04. The van der Waals surface area contributed by atoms with Crippen molar-refractivity contribution in [2.24, 2.45) is 0 Å². The molecule has 1 unspecified atom stereocenters. The molecule has 1 atom stereocenters. The van der Waals surface area contributed by atoms with E-state index in [9.17, 15) is 4.79 Å². The standard InChI is InChI=1S/C12H11N3OS/c16-8-10-6-15(14-13-10)7-11-5-9-3-1-2-4-12(9)17-11/h1-4,6,8,11H,5,7H2. The largest absolute Gasteiger partial charge is 0.296 e. The van der Waals surface area contributed by atoms with Gasteiger partial charge in [-0.2, -0.15) is 0 Å². The van der Waals surface area contributed by atoms with Crippen LogP contribution >= 0.6 is 11.8 Å². The summed E-state index contributed by atoms with van der Waals surface area (Å²) in [5, 5.41) is 8.18. The first-order valence-electron chi connectivity index (χ1n) is 5.45. The number of rotatable bonds is 3. The van der Waals surface area contributed by atoms with E-state index in [1.807, 2.05) is 11.8 Å². The summed E-state index contributed by atoms with van der Waals surface area (Å²) in [6.45, 7) is 0.792. The zero-order valence-electron chi connectivity index (χ0n) is 9.11. The highest BCUT2D eigenvalue weighted by atomic mass is 32.2. The van der Waals surface area contributed by atoms with Crippen LogP contribution in [-0.2, 0) is 13.0 Å². The molecule has 0 fully saturated rings. The van der Waals surface area contributed by atoms with Crippen LogP contribution in [0.15, 0.2) is 35.4 Å². The molecule has 0 saturated heterocycles. The fraction of sp³-hybridized carbons (Fsp3) is 0.250. The van der Waals surface area contributed by atoms with Gasteiger partial charge in [-0.05, 0) is 18.1 Å². The average molecular weight is 245 g/mol. The molecule has 17 heavy (non-hydrogen) atoms. The topological polar surface area (TPSA) is 47.8 Å². The molecule has 2 heterocycles. The normalized spacial score (nSPS) is 18.0. The molecular weight excluding hydrogens is 234 g/mol. The van der Waals surface area contributed by atoms with E-state index in [1.54, 1.807) is 10.9 Å². The number of nitrogens with zero attached hydrogens (tertiary/aromatic N) is 3. The first-order chi connectivity index (χ1) is 8.35. The number of aromatic nitrogens is 3. The van der Waals surface area contributed by atoms with Crippen molar-refractivity contribution in [2.75, 3.05) is 0 Å². The predicted molar refractivity (Wildman–Crippen MR) is 65.2 cm³/mol. The zero-order valence-corrected chi connectivity index (χ0v) is 9.93. The van der Waals surface area contributed by atoms with Crippen molar-refractivity contribution in [1.29, 1.82) is 0 Å². The molecule has 0 aliphatic carbocycles. The number of benzene rings is 1. The second kappa shape index (κ2) is 4.33. The van der Waals surface area contributed by atoms with E-state index in [0.29, 0.717) is 10.9 Å². The minimum Gasteiger partial charge on any atom is -0.296 e. The van der Waals surface area contributed by atoms with Crippen LogP contribution in [-0.4, -0.2) is 26.5 Å². The lowest BCUT2D eigenvalue weighted by Crippen LogP contribution is -2.12. The number of thioether (sulfide) groups is 1. The molecule has 0 saturated carbocycles. The Labute approximate surface area is 103 Å². The number of hydrogen-bond donors (Lipinski definition) is 0. The molecule has 0 spiro atoms. The van der Waals surface area contributed by atoms with Gasteiger partial charge in [-0.1, -0.05) is 23.4 Å².